The standard InChI is InChI=1S/C13H22N4O/c1-3-9(7-8-5-6-8)15-13(18)12-11(14)10(4-2)16-17-12/h8-9H,3-7,14H2,1-2H3,(H,15,18)(H,16,17). The van der Waals surface area contributed by atoms with Gasteiger partial charge in [0.05, 0.1) is 11.4 Å². The number of aryl methyl sites for hydroxylation is 1. The van der Waals surface area contributed by atoms with E-state index in [0.717, 1.165) is 30.9 Å². The molecule has 0 radical (unpaired) electrons. The van der Waals surface area contributed by atoms with Crippen molar-refractivity contribution in [1.82, 2.24) is 15.5 Å². The van der Waals surface area contributed by atoms with E-state index in [0.29, 0.717) is 11.4 Å². The second-order valence-corrected chi connectivity index (χ2v) is 5.08. The Morgan fingerprint density at radius 2 is 2.28 bits per heavy atom. The molecule has 100 valence electrons. The summed E-state index contributed by atoms with van der Waals surface area (Å²) in [6, 6.07) is 0.242. The quantitative estimate of drug-likeness (QED) is 0.720. The number of hydrogen-bond donors (Lipinski definition) is 3. The number of hydrogen-bond acceptors (Lipinski definition) is 3. The first-order chi connectivity index (χ1) is 8.65. The first-order valence-electron chi connectivity index (χ1n) is 6.79. The number of anilines is 1. The highest BCUT2D eigenvalue weighted by molar-refractivity contribution is 5.97. The zero-order chi connectivity index (χ0) is 13.1. The molecule has 1 amide bonds. The average Bonchev–Trinajstić information content (AvgIpc) is 3.09. The van der Waals surface area contributed by atoms with Gasteiger partial charge in [-0.1, -0.05) is 26.7 Å². The average molecular weight is 250 g/mol. The normalized spacial score (nSPS) is 16.6. The minimum absolute atomic E-state index is 0.157. The van der Waals surface area contributed by atoms with Crippen LogP contribution in [-0.4, -0.2) is 22.1 Å². The molecule has 4 N–H and O–H groups in total. The molecule has 0 bridgehead atoms. The lowest BCUT2D eigenvalue weighted by Crippen LogP contribution is -2.35. The molecule has 1 atom stereocenters. The van der Waals surface area contributed by atoms with E-state index in [1.54, 1.807) is 0 Å². The van der Waals surface area contributed by atoms with Crippen molar-refractivity contribution in [2.24, 2.45) is 5.92 Å². The highest BCUT2D eigenvalue weighted by Crippen LogP contribution is 2.34. The number of aromatic nitrogens is 2. The van der Waals surface area contributed by atoms with Crippen LogP contribution in [0.5, 0.6) is 0 Å². The van der Waals surface area contributed by atoms with Crippen molar-refractivity contribution in [2.75, 3.05) is 5.73 Å². The van der Waals surface area contributed by atoms with Gasteiger partial charge < -0.3 is 11.1 Å². The number of aromatic amines is 1. The Bertz CT molecular complexity index is 423. The number of nitrogens with one attached hydrogen (secondary N) is 2. The maximum atomic E-state index is 12.1. The van der Waals surface area contributed by atoms with Crippen LogP contribution in [0.1, 0.15) is 55.7 Å². The molecule has 2 rings (SSSR count). The number of nitrogen functional groups attached to an aromatic ring is 1. The summed E-state index contributed by atoms with van der Waals surface area (Å²) < 4.78 is 0. The molecular formula is C13H22N4O. The number of nitrogens with zero attached hydrogens (tertiary/aromatic N) is 1. The zero-order valence-electron chi connectivity index (χ0n) is 11.1. The third kappa shape index (κ3) is 2.83. The first-order valence-corrected chi connectivity index (χ1v) is 6.79. The topological polar surface area (TPSA) is 83.8 Å². The lowest BCUT2D eigenvalue weighted by Gasteiger charge is -2.15. The van der Waals surface area contributed by atoms with Gasteiger partial charge in [0.15, 0.2) is 5.69 Å². The second-order valence-electron chi connectivity index (χ2n) is 5.08. The first kappa shape index (κ1) is 12.9. The van der Waals surface area contributed by atoms with Gasteiger partial charge in [-0.2, -0.15) is 5.10 Å². The zero-order valence-corrected chi connectivity index (χ0v) is 11.1. The van der Waals surface area contributed by atoms with Crippen LogP contribution >= 0.6 is 0 Å². The minimum atomic E-state index is -0.157. The van der Waals surface area contributed by atoms with E-state index in [4.69, 9.17) is 5.73 Å². The molecule has 1 aromatic rings. The molecule has 5 heteroatoms. The Labute approximate surface area is 108 Å². The van der Waals surface area contributed by atoms with E-state index >= 15 is 0 Å². The summed E-state index contributed by atoms with van der Waals surface area (Å²) >= 11 is 0. The molecule has 1 saturated carbocycles. The van der Waals surface area contributed by atoms with Gasteiger partial charge in [-0.3, -0.25) is 9.89 Å². The van der Waals surface area contributed by atoms with Crippen molar-refractivity contribution in [3.05, 3.63) is 11.4 Å². The van der Waals surface area contributed by atoms with Gasteiger partial charge in [0.1, 0.15) is 0 Å². The molecule has 1 fully saturated rings. The number of amides is 1. The molecule has 5 nitrogen and oxygen atoms in total. The molecule has 1 aliphatic rings. The molecule has 0 saturated heterocycles. The molecule has 1 aromatic heterocycles. The molecule has 18 heavy (non-hydrogen) atoms. The second kappa shape index (κ2) is 5.42. The van der Waals surface area contributed by atoms with Crippen molar-refractivity contribution in [3.63, 3.8) is 0 Å². The van der Waals surface area contributed by atoms with Gasteiger partial charge >= 0.3 is 0 Å². The number of rotatable bonds is 6. The Morgan fingerprint density at radius 1 is 1.56 bits per heavy atom. The molecule has 0 aliphatic heterocycles. The fourth-order valence-corrected chi connectivity index (χ4v) is 2.17. The van der Waals surface area contributed by atoms with Crippen LogP contribution in [0.3, 0.4) is 0 Å². The molecular weight excluding hydrogens is 228 g/mol. The van der Waals surface area contributed by atoms with E-state index in [-0.39, 0.29) is 11.9 Å². The van der Waals surface area contributed by atoms with Crippen molar-refractivity contribution < 1.29 is 4.79 Å². The lowest BCUT2D eigenvalue weighted by molar-refractivity contribution is 0.0928. The van der Waals surface area contributed by atoms with Crippen molar-refractivity contribution >= 4 is 11.6 Å². The predicted octanol–water partition coefficient (Wildman–Crippen LogP) is 1.86. The van der Waals surface area contributed by atoms with Crippen molar-refractivity contribution in [2.45, 2.75) is 52.0 Å². The smallest absolute Gasteiger partial charge is 0.274 e. The van der Waals surface area contributed by atoms with Gasteiger partial charge in [0.25, 0.3) is 5.91 Å². The summed E-state index contributed by atoms with van der Waals surface area (Å²) in [5, 5.41) is 9.85. The molecule has 1 aliphatic carbocycles. The molecule has 0 spiro atoms. The summed E-state index contributed by atoms with van der Waals surface area (Å²) in [5.74, 6) is 0.647. The van der Waals surface area contributed by atoms with E-state index in [2.05, 4.69) is 22.4 Å². The number of H-pyrrole nitrogens is 1. The maximum absolute atomic E-state index is 12.1. The van der Waals surface area contributed by atoms with E-state index in [9.17, 15) is 4.79 Å². The van der Waals surface area contributed by atoms with E-state index < -0.39 is 0 Å². The Kier molecular flexibility index (Phi) is 3.89. The van der Waals surface area contributed by atoms with Crippen LogP contribution < -0.4 is 11.1 Å². The van der Waals surface area contributed by atoms with Crippen molar-refractivity contribution in [1.29, 1.82) is 0 Å². The summed E-state index contributed by atoms with van der Waals surface area (Å²) in [6.07, 6.45) is 5.39. The fourth-order valence-electron chi connectivity index (χ4n) is 2.17. The van der Waals surface area contributed by atoms with Crippen LogP contribution in [0.15, 0.2) is 0 Å². The van der Waals surface area contributed by atoms with Gasteiger partial charge in [-0.15, -0.1) is 0 Å². The summed E-state index contributed by atoms with van der Waals surface area (Å²) in [4.78, 5) is 12.1. The highest BCUT2D eigenvalue weighted by Gasteiger charge is 2.26. The number of nitrogens with two attached hydrogens (primary N) is 1. The summed E-state index contributed by atoms with van der Waals surface area (Å²) in [5.41, 5.74) is 7.54. The monoisotopic (exact) mass is 250 g/mol. The number of carbonyl (C=O) groups excluding carboxylic acids is 1. The Hall–Kier alpha value is -1.52. The SMILES string of the molecule is CCc1[nH]nc(C(=O)NC(CC)CC2CC2)c1N. The number of carbonyl (C=O) groups is 1. The summed E-state index contributed by atoms with van der Waals surface area (Å²) in [7, 11) is 0. The Morgan fingerprint density at radius 3 is 2.78 bits per heavy atom. The van der Waals surface area contributed by atoms with Gasteiger partial charge in [-0.05, 0) is 25.2 Å². The van der Waals surface area contributed by atoms with Crippen LogP contribution in [0.2, 0.25) is 0 Å². The van der Waals surface area contributed by atoms with Gasteiger partial charge in [0, 0.05) is 6.04 Å². The third-order valence-electron chi connectivity index (χ3n) is 3.59. The van der Waals surface area contributed by atoms with Crippen LogP contribution in [-0.2, 0) is 6.42 Å². The summed E-state index contributed by atoms with van der Waals surface area (Å²) in [6.45, 7) is 4.08. The largest absolute Gasteiger partial charge is 0.395 e. The minimum Gasteiger partial charge on any atom is -0.395 e. The van der Waals surface area contributed by atoms with Crippen LogP contribution in [0, 0.1) is 5.92 Å². The molecule has 1 heterocycles. The van der Waals surface area contributed by atoms with Gasteiger partial charge in [0.2, 0.25) is 0 Å². The maximum Gasteiger partial charge on any atom is 0.274 e. The molecule has 0 aromatic carbocycles. The third-order valence-corrected chi connectivity index (χ3v) is 3.59. The lowest BCUT2D eigenvalue weighted by atomic mass is 10.1. The van der Waals surface area contributed by atoms with E-state index in [1.807, 2.05) is 6.92 Å². The molecule has 1 unspecified atom stereocenters. The van der Waals surface area contributed by atoms with Crippen LogP contribution in [0.25, 0.3) is 0 Å². The van der Waals surface area contributed by atoms with Crippen LogP contribution in [0.4, 0.5) is 5.69 Å². The van der Waals surface area contributed by atoms with Gasteiger partial charge in [-0.25, -0.2) is 0 Å². The highest BCUT2D eigenvalue weighted by atomic mass is 16.2. The fraction of sp³-hybridized carbons (Fsp3) is 0.692. The van der Waals surface area contributed by atoms with E-state index in [1.165, 1.54) is 12.8 Å². The Balaban J connectivity index is 1.98. The van der Waals surface area contributed by atoms with Crippen molar-refractivity contribution in [3.8, 4) is 0 Å². The predicted molar refractivity (Wildman–Crippen MR) is 71.3 cm³/mol.